The molecule has 0 heterocycles. The van der Waals surface area contributed by atoms with Crippen LogP contribution >= 0.6 is 27.5 Å². The number of carbonyl (C=O) groups excluding carboxylic acids is 1. The lowest BCUT2D eigenvalue weighted by Crippen LogP contribution is -2.34. The molecular weight excluding hydrogens is 318 g/mol. The Balaban J connectivity index is 3.00. The fraction of sp³-hybridized carbons (Fsp3) is 0.462. The van der Waals surface area contributed by atoms with Crippen molar-refractivity contribution in [3.8, 4) is 0 Å². The van der Waals surface area contributed by atoms with Crippen molar-refractivity contribution < 1.29 is 9.53 Å². The van der Waals surface area contributed by atoms with Gasteiger partial charge < -0.3 is 4.74 Å². The number of ether oxygens (including phenoxy) is 1. The van der Waals surface area contributed by atoms with E-state index in [2.05, 4.69) is 21.2 Å². The predicted molar refractivity (Wildman–Crippen MR) is 76.8 cm³/mol. The van der Waals surface area contributed by atoms with Gasteiger partial charge >= 0.3 is 5.97 Å². The summed E-state index contributed by atoms with van der Waals surface area (Å²) in [7, 11) is 0. The molecule has 0 fully saturated rings. The molecular formula is C13H17BrClNO2. The molecule has 0 amide bonds. The van der Waals surface area contributed by atoms with E-state index in [9.17, 15) is 4.79 Å². The number of nitrogens with one attached hydrogen (secondary N) is 1. The highest BCUT2D eigenvalue weighted by Gasteiger charge is 2.23. The first-order valence-electron chi connectivity index (χ1n) is 5.83. The molecule has 0 saturated carbocycles. The van der Waals surface area contributed by atoms with Gasteiger partial charge in [0.15, 0.2) is 0 Å². The standard InChI is InChI=1S/C13H17BrClNO2/c1-4-18-13(17)12(16-8(2)3)9-5-6-10(14)11(15)7-9/h5-8,12,16H,4H2,1-3H3. The van der Waals surface area contributed by atoms with Crippen molar-refractivity contribution in [3.63, 3.8) is 0 Å². The largest absolute Gasteiger partial charge is 0.465 e. The lowest BCUT2D eigenvalue weighted by atomic mass is 10.1. The van der Waals surface area contributed by atoms with Crippen LogP contribution in [0.15, 0.2) is 22.7 Å². The molecule has 1 unspecified atom stereocenters. The Labute approximate surface area is 121 Å². The van der Waals surface area contributed by atoms with Gasteiger partial charge in [-0.15, -0.1) is 0 Å². The minimum absolute atomic E-state index is 0.168. The van der Waals surface area contributed by atoms with E-state index in [1.54, 1.807) is 13.0 Å². The van der Waals surface area contributed by atoms with Gasteiger partial charge in [0.25, 0.3) is 0 Å². The van der Waals surface area contributed by atoms with Crippen LogP contribution in [-0.2, 0) is 9.53 Å². The van der Waals surface area contributed by atoms with Crippen LogP contribution in [0.2, 0.25) is 5.02 Å². The third-order valence-electron chi connectivity index (χ3n) is 2.30. The van der Waals surface area contributed by atoms with Crippen LogP contribution in [0.1, 0.15) is 32.4 Å². The monoisotopic (exact) mass is 333 g/mol. The van der Waals surface area contributed by atoms with E-state index in [4.69, 9.17) is 16.3 Å². The summed E-state index contributed by atoms with van der Waals surface area (Å²) >= 11 is 9.38. The number of rotatable bonds is 5. The van der Waals surface area contributed by atoms with Gasteiger partial charge in [-0.3, -0.25) is 5.32 Å². The van der Waals surface area contributed by atoms with Gasteiger partial charge in [-0.2, -0.15) is 0 Å². The fourth-order valence-electron chi connectivity index (χ4n) is 1.55. The van der Waals surface area contributed by atoms with Crippen molar-refractivity contribution >= 4 is 33.5 Å². The number of halogens is 2. The summed E-state index contributed by atoms with van der Waals surface area (Å²) < 4.78 is 5.88. The second-order valence-electron chi connectivity index (χ2n) is 4.18. The number of hydrogen-bond acceptors (Lipinski definition) is 3. The van der Waals surface area contributed by atoms with Gasteiger partial charge in [-0.25, -0.2) is 4.79 Å². The summed E-state index contributed by atoms with van der Waals surface area (Å²) in [6.45, 7) is 6.11. The van der Waals surface area contributed by atoms with E-state index in [1.807, 2.05) is 26.0 Å². The molecule has 1 N–H and O–H groups in total. The van der Waals surface area contributed by atoms with E-state index in [0.717, 1.165) is 10.0 Å². The van der Waals surface area contributed by atoms with Gasteiger partial charge in [0.05, 0.1) is 11.6 Å². The Morgan fingerprint density at radius 1 is 1.50 bits per heavy atom. The fourth-order valence-corrected chi connectivity index (χ4v) is 1.99. The first-order chi connectivity index (χ1) is 8.45. The van der Waals surface area contributed by atoms with Crippen LogP contribution in [0.5, 0.6) is 0 Å². The van der Waals surface area contributed by atoms with Crippen molar-refractivity contribution in [2.24, 2.45) is 0 Å². The van der Waals surface area contributed by atoms with E-state index in [1.165, 1.54) is 0 Å². The first kappa shape index (κ1) is 15.5. The molecule has 18 heavy (non-hydrogen) atoms. The predicted octanol–water partition coefficient (Wildman–Crippen LogP) is 3.70. The van der Waals surface area contributed by atoms with Crippen molar-refractivity contribution in [1.82, 2.24) is 5.32 Å². The van der Waals surface area contributed by atoms with E-state index < -0.39 is 6.04 Å². The van der Waals surface area contributed by atoms with Crippen LogP contribution in [-0.4, -0.2) is 18.6 Å². The van der Waals surface area contributed by atoms with Crippen LogP contribution in [0.3, 0.4) is 0 Å². The van der Waals surface area contributed by atoms with E-state index in [-0.39, 0.29) is 12.0 Å². The molecule has 0 saturated heterocycles. The molecule has 1 atom stereocenters. The Bertz CT molecular complexity index is 423. The van der Waals surface area contributed by atoms with Gasteiger partial charge in [-0.1, -0.05) is 17.7 Å². The molecule has 0 radical (unpaired) electrons. The van der Waals surface area contributed by atoms with Crippen LogP contribution in [0.25, 0.3) is 0 Å². The summed E-state index contributed by atoms with van der Waals surface area (Å²) in [6, 6.07) is 5.12. The molecule has 100 valence electrons. The maximum atomic E-state index is 11.9. The Morgan fingerprint density at radius 2 is 2.17 bits per heavy atom. The average Bonchev–Trinajstić information content (AvgIpc) is 2.30. The molecule has 1 rings (SSSR count). The average molecular weight is 335 g/mol. The molecule has 1 aromatic rings. The first-order valence-corrected chi connectivity index (χ1v) is 7.00. The van der Waals surface area contributed by atoms with Gasteiger partial charge in [-0.05, 0) is 54.4 Å². The van der Waals surface area contributed by atoms with E-state index >= 15 is 0 Å². The quantitative estimate of drug-likeness (QED) is 0.834. The van der Waals surface area contributed by atoms with Crippen molar-refractivity contribution in [2.45, 2.75) is 32.9 Å². The van der Waals surface area contributed by atoms with E-state index in [0.29, 0.717) is 11.6 Å². The third kappa shape index (κ3) is 4.26. The van der Waals surface area contributed by atoms with Crippen molar-refractivity contribution in [2.75, 3.05) is 6.61 Å². The van der Waals surface area contributed by atoms with Gasteiger partial charge in [0.1, 0.15) is 6.04 Å². The van der Waals surface area contributed by atoms with Crippen molar-refractivity contribution in [1.29, 1.82) is 0 Å². The molecule has 0 aliphatic rings. The number of benzene rings is 1. The zero-order valence-electron chi connectivity index (χ0n) is 10.7. The van der Waals surface area contributed by atoms with Gasteiger partial charge in [0, 0.05) is 10.5 Å². The normalized spacial score (nSPS) is 12.6. The highest BCUT2D eigenvalue weighted by atomic mass is 79.9. The second kappa shape index (κ2) is 7.12. The number of esters is 1. The van der Waals surface area contributed by atoms with Crippen LogP contribution in [0, 0.1) is 0 Å². The zero-order chi connectivity index (χ0) is 13.7. The molecule has 1 aromatic carbocycles. The summed E-state index contributed by atoms with van der Waals surface area (Å²) in [5.41, 5.74) is 0.801. The highest BCUT2D eigenvalue weighted by Crippen LogP contribution is 2.26. The van der Waals surface area contributed by atoms with Crippen LogP contribution < -0.4 is 5.32 Å². The molecule has 0 aromatic heterocycles. The number of hydrogen-bond donors (Lipinski definition) is 1. The smallest absolute Gasteiger partial charge is 0.327 e. The Hall–Kier alpha value is -0.580. The van der Waals surface area contributed by atoms with Gasteiger partial charge in [0.2, 0.25) is 0 Å². The minimum Gasteiger partial charge on any atom is -0.465 e. The van der Waals surface area contributed by atoms with Crippen LogP contribution in [0.4, 0.5) is 0 Å². The van der Waals surface area contributed by atoms with Crippen molar-refractivity contribution in [3.05, 3.63) is 33.3 Å². The molecule has 0 aliphatic heterocycles. The maximum Gasteiger partial charge on any atom is 0.327 e. The Morgan fingerprint density at radius 3 is 2.67 bits per heavy atom. The molecule has 0 aliphatic carbocycles. The SMILES string of the molecule is CCOC(=O)C(NC(C)C)c1ccc(Br)c(Cl)c1. The maximum absolute atomic E-state index is 11.9. The highest BCUT2D eigenvalue weighted by molar-refractivity contribution is 9.10. The summed E-state index contributed by atoms with van der Waals surface area (Å²) in [5, 5.41) is 3.76. The molecule has 0 bridgehead atoms. The molecule has 5 heteroatoms. The lowest BCUT2D eigenvalue weighted by Gasteiger charge is -2.20. The summed E-state index contributed by atoms with van der Waals surface area (Å²) in [5.74, 6) is -0.287. The number of carbonyl (C=O) groups is 1. The minimum atomic E-state index is -0.490. The Kier molecular flexibility index (Phi) is 6.12. The molecule has 0 spiro atoms. The lowest BCUT2D eigenvalue weighted by molar-refractivity contribution is -0.146. The zero-order valence-corrected chi connectivity index (χ0v) is 13.0. The third-order valence-corrected chi connectivity index (χ3v) is 3.53. The molecule has 3 nitrogen and oxygen atoms in total. The second-order valence-corrected chi connectivity index (χ2v) is 5.44. The summed E-state index contributed by atoms with van der Waals surface area (Å²) in [6.07, 6.45) is 0. The topological polar surface area (TPSA) is 38.3 Å². The summed E-state index contributed by atoms with van der Waals surface area (Å²) in [4.78, 5) is 11.9.